The standard InChI is InChI=1S/C13H19ClN2O2S/c1-3-10(4-2)16-13(17)8-19(18)12-7-9(14)5-6-11(12)15/h5-7,10H,3-4,8,15H2,1-2H3,(H,16,17). The van der Waals surface area contributed by atoms with E-state index in [1.54, 1.807) is 12.1 Å². The number of hydrogen-bond donors (Lipinski definition) is 2. The molecule has 1 aromatic rings. The van der Waals surface area contributed by atoms with Crippen LogP contribution in [0.2, 0.25) is 5.02 Å². The zero-order chi connectivity index (χ0) is 14.4. The van der Waals surface area contributed by atoms with Crippen LogP contribution in [0.1, 0.15) is 26.7 Å². The van der Waals surface area contributed by atoms with Gasteiger partial charge in [0.05, 0.1) is 15.7 Å². The lowest BCUT2D eigenvalue weighted by Gasteiger charge is -2.14. The molecule has 0 bridgehead atoms. The molecule has 106 valence electrons. The van der Waals surface area contributed by atoms with E-state index in [4.69, 9.17) is 17.3 Å². The Morgan fingerprint density at radius 2 is 2.05 bits per heavy atom. The summed E-state index contributed by atoms with van der Waals surface area (Å²) >= 11 is 5.84. The number of anilines is 1. The molecule has 1 amide bonds. The molecule has 1 aromatic carbocycles. The first-order valence-corrected chi connectivity index (χ1v) is 7.90. The number of nitrogens with two attached hydrogens (primary N) is 1. The van der Waals surface area contributed by atoms with Gasteiger partial charge in [-0.1, -0.05) is 25.4 Å². The molecule has 1 unspecified atom stereocenters. The smallest absolute Gasteiger partial charge is 0.233 e. The maximum absolute atomic E-state index is 12.1. The molecule has 0 aromatic heterocycles. The summed E-state index contributed by atoms with van der Waals surface area (Å²) in [6.07, 6.45) is 1.71. The first kappa shape index (κ1) is 16.0. The lowest BCUT2D eigenvalue weighted by atomic mass is 10.2. The van der Waals surface area contributed by atoms with Crippen LogP contribution in [0, 0.1) is 0 Å². The van der Waals surface area contributed by atoms with E-state index < -0.39 is 10.8 Å². The Morgan fingerprint density at radius 3 is 2.63 bits per heavy atom. The lowest BCUT2D eigenvalue weighted by Crippen LogP contribution is -2.36. The maximum atomic E-state index is 12.1. The van der Waals surface area contributed by atoms with Crippen molar-refractivity contribution in [2.45, 2.75) is 37.6 Å². The second-order valence-electron chi connectivity index (χ2n) is 4.25. The number of halogens is 1. The molecule has 0 heterocycles. The van der Waals surface area contributed by atoms with E-state index in [1.807, 2.05) is 13.8 Å². The largest absolute Gasteiger partial charge is 0.398 e. The Balaban J connectivity index is 2.69. The van der Waals surface area contributed by atoms with Crippen LogP contribution < -0.4 is 11.1 Å². The second kappa shape index (κ2) is 7.50. The predicted molar refractivity (Wildman–Crippen MR) is 79.7 cm³/mol. The number of amides is 1. The van der Waals surface area contributed by atoms with E-state index in [0.717, 1.165) is 12.8 Å². The summed E-state index contributed by atoms with van der Waals surface area (Å²) in [5.41, 5.74) is 6.12. The number of rotatable bonds is 6. The third kappa shape index (κ3) is 4.84. The van der Waals surface area contributed by atoms with Gasteiger partial charge in [0.1, 0.15) is 5.75 Å². The van der Waals surface area contributed by atoms with Crippen LogP contribution in [-0.4, -0.2) is 21.9 Å². The van der Waals surface area contributed by atoms with Crippen LogP contribution in [-0.2, 0) is 15.6 Å². The Hall–Kier alpha value is -1.07. The molecular weight excluding hydrogens is 284 g/mol. The van der Waals surface area contributed by atoms with Gasteiger partial charge in [-0.05, 0) is 31.0 Å². The molecule has 3 N–H and O–H groups in total. The number of carbonyl (C=O) groups excluding carboxylic acids is 1. The summed E-state index contributed by atoms with van der Waals surface area (Å²) in [7, 11) is -1.48. The van der Waals surface area contributed by atoms with Crippen molar-refractivity contribution in [3.63, 3.8) is 0 Å². The average molecular weight is 303 g/mol. The summed E-state index contributed by atoms with van der Waals surface area (Å²) in [6, 6.07) is 4.88. The molecule has 1 rings (SSSR count). The van der Waals surface area contributed by atoms with Gasteiger partial charge in [0.15, 0.2) is 0 Å². The Morgan fingerprint density at radius 1 is 1.42 bits per heavy atom. The van der Waals surface area contributed by atoms with Gasteiger partial charge in [-0.25, -0.2) is 0 Å². The van der Waals surface area contributed by atoms with Crippen molar-refractivity contribution < 1.29 is 9.00 Å². The molecule has 0 aliphatic heterocycles. The number of hydrogen-bond acceptors (Lipinski definition) is 3. The Kier molecular flexibility index (Phi) is 6.31. The topological polar surface area (TPSA) is 72.2 Å². The van der Waals surface area contributed by atoms with Crippen LogP contribution in [0.5, 0.6) is 0 Å². The van der Waals surface area contributed by atoms with Crippen LogP contribution in [0.4, 0.5) is 5.69 Å². The third-order valence-electron chi connectivity index (χ3n) is 2.83. The van der Waals surface area contributed by atoms with Crippen molar-refractivity contribution in [2.24, 2.45) is 0 Å². The van der Waals surface area contributed by atoms with Gasteiger partial charge in [-0.2, -0.15) is 0 Å². The molecule has 0 fully saturated rings. The SMILES string of the molecule is CCC(CC)NC(=O)CS(=O)c1cc(Cl)ccc1N. The summed E-state index contributed by atoms with van der Waals surface area (Å²) in [5.74, 6) is -0.326. The summed E-state index contributed by atoms with van der Waals surface area (Å²) in [6.45, 7) is 4.00. The van der Waals surface area contributed by atoms with Gasteiger partial charge in [-0.15, -0.1) is 0 Å². The van der Waals surface area contributed by atoms with Gasteiger partial charge in [0.2, 0.25) is 5.91 Å². The summed E-state index contributed by atoms with van der Waals surface area (Å²) < 4.78 is 12.1. The average Bonchev–Trinajstić information content (AvgIpc) is 2.38. The highest BCUT2D eigenvalue weighted by molar-refractivity contribution is 7.86. The van der Waals surface area contributed by atoms with Crippen LogP contribution >= 0.6 is 11.6 Å². The molecule has 6 heteroatoms. The first-order valence-electron chi connectivity index (χ1n) is 6.20. The summed E-state index contributed by atoms with van der Waals surface area (Å²) in [4.78, 5) is 12.2. The zero-order valence-electron chi connectivity index (χ0n) is 11.1. The fourth-order valence-electron chi connectivity index (χ4n) is 1.66. The van der Waals surface area contributed by atoms with Crippen molar-refractivity contribution in [3.05, 3.63) is 23.2 Å². The van der Waals surface area contributed by atoms with Gasteiger partial charge in [-0.3, -0.25) is 9.00 Å². The van der Waals surface area contributed by atoms with Crippen molar-refractivity contribution in [1.82, 2.24) is 5.32 Å². The van der Waals surface area contributed by atoms with Crippen molar-refractivity contribution in [2.75, 3.05) is 11.5 Å². The van der Waals surface area contributed by atoms with Gasteiger partial charge >= 0.3 is 0 Å². The monoisotopic (exact) mass is 302 g/mol. The minimum atomic E-state index is -1.48. The van der Waals surface area contributed by atoms with E-state index in [9.17, 15) is 9.00 Å². The fraction of sp³-hybridized carbons (Fsp3) is 0.462. The normalized spacial score (nSPS) is 12.4. The number of nitrogen functional groups attached to an aromatic ring is 1. The molecule has 0 spiro atoms. The van der Waals surface area contributed by atoms with E-state index in [2.05, 4.69) is 5.32 Å². The molecule has 0 aliphatic carbocycles. The van der Waals surface area contributed by atoms with Crippen LogP contribution in [0.25, 0.3) is 0 Å². The van der Waals surface area contributed by atoms with E-state index >= 15 is 0 Å². The fourth-order valence-corrected chi connectivity index (χ4v) is 2.97. The van der Waals surface area contributed by atoms with Crippen molar-refractivity contribution >= 4 is 34.0 Å². The van der Waals surface area contributed by atoms with Crippen molar-refractivity contribution in [1.29, 1.82) is 0 Å². The molecule has 19 heavy (non-hydrogen) atoms. The van der Waals surface area contributed by atoms with Crippen molar-refractivity contribution in [3.8, 4) is 0 Å². The van der Waals surface area contributed by atoms with Gasteiger partial charge in [0.25, 0.3) is 0 Å². The van der Waals surface area contributed by atoms with E-state index in [0.29, 0.717) is 15.6 Å². The Labute approximate surface area is 121 Å². The highest BCUT2D eigenvalue weighted by atomic mass is 35.5. The maximum Gasteiger partial charge on any atom is 0.233 e. The highest BCUT2D eigenvalue weighted by Crippen LogP contribution is 2.21. The quantitative estimate of drug-likeness (QED) is 0.792. The first-order chi connectivity index (χ1) is 8.97. The number of benzene rings is 1. The number of nitrogens with one attached hydrogen (secondary N) is 1. The van der Waals surface area contributed by atoms with E-state index in [-0.39, 0.29) is 17.7 Å². The number of carbonyl (C=O) groups is 1. The molecule has 0 saturated carbocycles. The highest BCUT2D eigenvalue weighted by Gasteiger charge is 2.15. The van der Waals surface area contributed by atoms with Crippen LogP contribution in [0.3, 0.4) is 0 Å². The molecule has 0 radical (unpaired) electrons. The van der Waals surface area contributed by atoms with Crippen LogP contribution in [0.15, 0.2) is 23.1 Å². The second-order valence-corrected chi connectivity index (χ2v) is 6.11. The molecule has 4 nitrogen and oxygen atoms in total. The zero-order valence-corrected chi connectivity index (χ0v) is 12.7. The predicted octanol–water partition coefficient (Wildman–Crippen LogP) is 2.33. The van der Waals surface area contributed by atoms with E-state index in [1.165, 1.54) is 6.07 Å². The third-order valence-corrected chi connectivity index (χ3v) is 4.44. The molecule has 1 atom stereocenters. The Bertz CT molecular complexity index is 476. The molecule has 0 aliphatic rings. The molecular formula is C13H19ClN2O2S. The minimum absolute atomic E-state index is 0.0962. The van der Waals surface area contributed by atoms with Gasteiger partial charge in [0, 0.05) is 16.8 Å². The summed E-state index contributed by atoms with van der Waals surface area (Å²) in [5, 5.41) is 3.30. The molecule has 0 saturated heterocycles. The van der Waals surface area contributed by atoms with Gasteiger partial charge < -0.3 is 11.1 Å². The lowest BCUT2D eigenvalue weighted by molar-refractivity contribution is -0.119. The minimum Gasteiger partial charge on any atom is -0.398 e.